The topological polar surface area (TPSA) is 48.0 Å². The minimum atomic E-state index is -0.373. The van der Waals surface area contributed by atoms with E-state index in [1.165, 1.54) is 5.56 Å². The third-order valence-electron chi connectivity index (χ3n) is 3.96. The highest BCUT2D eigenvalue weighted by atomic mass is 16.1. The van der Waals surface area contributed by atoms with E-state index in [0.717, 1.165) is 29.8 Å². The van der Waals surface area contributed by atoms with Crippen LogP contribution >= 0.6 is 0 Å². The average Bonchev–Trinajstić information content (AvgIpc) is 2.43. The van der Waals surface area contributed by atoms with Gasteiger partial charge in [-0.3, -0.25) is 4.79 Å². The molecule has 2 rings (SSSR count). The van der Waals surface area contributed by atoms with Crippen molar-refractivity contribution in [2.45, 2.75) is 46.7 Å². The fourth-order valence-electron chi connectivity index (χ4n) is 2.77. The molecule has 2 aromatic rings. The number of aryl methyl sites for hydroxylation is 3. The Labute approximate surface area is 126 Å². The van der Waals surface area contributed by atoms with Crippen molar-refractivity contribution >= 4 is 0 Å². The molecular formula is C18H24N2O. The van der Waals surface area contributed by atoms with Crippen LogP contribution in [0.5, 0.6) is 0 Å². The molecule has 0 bridgehead atoms. The maximum Gasteiger partial charge on any atom is 0.255 e. The van der Waals surface area contributed by atoms with Gasteiger partial charge in [0.15, 0.2) is 0 Å². The molecule has 0 saturated heterocycles. The van der Waals surface area contributed by atoms with Crippen molar-refractivity contribution < 1.29 is 0 Å². The summed E-state index contributed by atoms with van der Waals surface area (Å²) >= 11 is 0. The Morgan fingerprint density at radius 1 is 1.10 bits per heavy atom. The van der Waals surface area contributed by atoms with Crippen LogP contribution in [0.3, 0.4) is 0 Å². The van der Waals surface area contributed by atoms with Crippen LogP contribution in [-0.4, -0.2) is 4.57 Å². The van der Waals surface area contributed by atoms with Gasteiger partial charge in [0.05, 0.1) is 6.04 Å². The molecule has 0 fully saturated rings. The molecule has 0 aliphatic carbocycles. The Kier molecular flexibility index (Phi) is 4.63. The van der Waals surface area contributed by atoms with Gasteiger partial charge in [0.2, 0.25) is 0 Å². The molecule has 0 aliphatic heterocycles. The van der Waals surface area contributed by atoms with E-state index in [1.807, 2.05) is 42.7 Å². The molecule has 3 nitrogen and oxygen atoms in total. The SMILES string of the molecule is CCCn1c(C)ccc(C(N)c2ccc(C)cc2C)c1=O. The van der Waals surface area contributed by atoms with Crippen molar-refractivity contribution in [3.05, 3.63) is 68.6 Å². The van der Waals surface area contributed by atoms with E-state index < -0.39 is 0 Å². The van der Waals surface area contributed by atoms with E-state index in [1.54, 1.807) is 0 Å². The monoisotopic (exact) mass is 284 g/mol. The van der Waals surface area contributed by atoms with Gasteiger partial charge in [0.1, 0.15) is 0 Å². The minimum Gasteiger partial charge on any atom is -0.320 e. The van der Waals surface area contributed by atoms with Crippen molar-refractivity contribution in [2.75, 3.05) is 0 Å². The number of hydrogen-bond donors (Lipinski definition) is 1. The Morgan fingerprint density at radius 2 is 1.76 bits per heavy atom. The van der Waals surface area contributed by atoms with Crippen LogP contribution in [0.1, 0.15) is 47.3 Å². The molecule has 1 heterocycles. The van der Waals surface area contributed by atoms with Crippen LogP contribution in [0.25, 0.3) is 0 Å². The molecule has 0 saturated carbocycles. The number of benzene rings is 1. The van der Waals surface area contributed by atoms with E-state index in [-0.39, 0.29) is 11.6 Å². The molecule has 112 valence electrons. The summed E-state index contributed by atoms with van der Waals surface area (Å²) in [5.74, 6) is 0. The molecule has 0 aliphatic rings. The van der Waals surface area contributed by atoms with Gasteiger partial charge in [-0.1, -0.05) is 30.7 Å². The Balaban J connectivity index is 2.51. The van der Waals surface area contributed by atoms with Gasteiger partial charge in [-0.2, -0.15) is 0 Å². The number of pyridine rings is 1. The molecule has 1 aromatic heterocycles. The largest absolute Gasteiger partial charge is 0.320 e. The average molecular weight is 284 g/mol. The molecule has 1 atom stereocenters. The first-order chi connectivity index (χ1) is 9.95. The molecule has 0 radical (unpaired) electrons. The zero-order chi connectivity index (χ0) is 15.6. The van der Waals surface area contributed by atoms with Crippen molar-refractivity contribution in [2.24, 2.45) is 5.73 Å². The quantitative estimate of drug-likeness (QED) is 0.937. The molecule has 3 heteroatoms. The van der Waals surface area contributed by atoms with Gasteiger partial charge in [-0.25, -0.2) is 0 Å². The van der Waals surface area contributed by atoms with Crippen molar-refractivity contribution in [1.82, 2.24) is 4.57 Å². The lowest BCUT2D eigenvalue weighted by molar-refractivity contribution is 0.623. The van der Waals surface area contributed by atoms with Crippen LogP contribution in [0.4, 0.5) is 0 Å². The van der Waals surface area contributed by atoms with Crippen molar-refractivity contribution in [3.63, 3.8) is 0 Å². The Morgan fingerprint density at radius 3 is 2.38 bits per heavy atom. The van der Waals surface area contributed by atoms with Gasteiger partial charge in [-0.15, -0.1) is 0 Å². The molecule has 2 N–H and O–H groups in total. The highest BCUT2D eigenvalue weighted by Crippen LogP contribution is 2.21. The predicted octanol–water partition coefficient (Wildman–Crippen LogP) is 3.23. The summed E-state index contributed by atoms with van der Waals surface area (Å²) < 4.78 is 1.82. The number of nitrogens with zero attached hydrogens (tertiary/aromatic N) is 1. The highest BCUT2D eigenvalue weighted by Gasteiger charge is 2.16. The van der Waals surface area contributed by atoms with E-state index in [9.17, 15) is 4.79 Å². The van der Waals surface area contributed by atoms with Crippen molar-refractivity contribution in [1.29, 1.82) is 0 Å². The first-order valence-corrected chi connectivity index (χ1v) is 7.48. The summed E-state index contributed by atoms with van der Waals surface area (Å²) in [5.41, 5.74) is 11.4. The summed E-state index contributed by atoms with van der Waals surface area (Å²) in [6, 6.07) is 9.65. The highest BCUT2D eigenvalue weighted by molar-refractivity contribution is 5.38. The standard InChI is InChI=1S/C18H24N2O/c1-5-10-20-14(4)7-9-16(18(20)21)17(19)15-8-6-12(2)11-13(15)3/h6-9,11,17H,5,10,19H2,1-4H3. The van der Waals surface area contributed by atoms with E-state index in [0.29, 0.717) is 5.56 Å². The van der Waals surface area contributed by atoms with Crippen LogP contribution in [-0.2, 0) is 6.54 Å². The van der Waals surface area contributed by atoms with E-state index >= 15 is 0 Å². The Hall–Kier alpha value is -1.87. The molecule has 0 spiro atoms. The summed E-state index contributed by atoms with van der Waals surface area (Å²) in [6.45, 7) is 8.87. The minimum absolute atomic E-state index is 0.0318. The fourth-order valence-corrected chi connectivity index (χ4v) is 2.77. The molecule has 21 heavy (non-hydrogen) atoms. The van der Waals surface area contributed by atoms with E-state index in [2.05, 4.69) is 19.9 Å². The van der Waals surface area contributed by atoms with E-state index in [4.69, 9.17) is 5.73 Å². The normalized spacial score (nSPS) is 12.4. The summed E-state index contributed by atoms with van der Waals surface area (Å²) in [5, 5.41) is 0. The lowest BCUT2D eigenvalue weighted by Crippen LogP contribution is -2.30. The van der Waals surface area contributed by atoms with Crippen LogP contribution < -0.4 is 11.3 Å². The van der Waals surface area contributed by atoms with Gasteiger partial charge >= 0.3 is 0 Å². The van der Waals surface area contributed by atoms with Gasteiger partial charge < -0.3 is 10.3 Å². The summed E-state index contributed by atoms with van der Waals surface area (Å²) in [4.78, 5) is 12.7. The fraction of sp³-hybridized carbons (Fsp3) is 0.389. The molecular weight excluding hydrogens is 260 g/mol. The van der Waals surface area contributed by atoms with Crippen molar-refractivity contribution in [3.8, 4) is 0 Å². The second kappa shape index (κ2) is 6.27. The van der Waals surface area contributed by atoms with Crippen LogP contribution in [0, 0.1) is 20.8 Å². The number of hydrogen-bond acceptors (Lipinski definition) is 2. The lowest BCUT2D eigenvalue weighted by Gasteiger charge is -2.18. The number of rotatable bonds is 4. The third-order valence-corrected chi connectivity index (χ3v) is 3.96. The van der Waals surface area contributed by atoms with Gasteiger partial charge in [0, 0.05) is 17.8 Å². The molecule has 1 aromatic carbocycles. The number of aromatic nitrogens is 1. The molecule has 0 amide bonds. The lowest BCUT2D eigenvalue weighted by atomic mass is 9.95. The first-order valence-electron chi connectivity index (χ1n) is 7.48. The zero-order valence-corrected chi connectivity index (χ0v) is 13.3. The summed E-state index contributed by atoms with van der Waals surface area (Å²) in [6.07, 6.45) is 0.934. The zero-order valence-electron chi connectivity index (χ0n) is 13.3. The smallest absolute Gasteiger partial charge is 0.255 e. The van der Waals surface area contributed by atoms with Crippen LogP contribution in [0.2, 0.25) is 0 Å². The van der Waals surface area contributed by atoms with Gasteiger partial charge in [-0.05, 0) is 50.5 Å². The maximum absolute atomic E-state index is 12.7. The third kappa shape index (κ3) is 3.08. The maximum atomic E-state index is 12.7. The summed E-state index contributed by atoms with van der Waals surface area (Å²) in [7, 11) is 0. The first kappa shape index (κ1) is 15.5. The van der Waals surface area contributed by atoms with Gasteiger partial charge in [0.25, 0.3) is 5.56 Å². The second-order valence-corrected chi connectivity index (χ2v) is 5.72. The molecule has 1 unspecified atom stereocenters. The predicted molar refractivity (Wildman–Crippen MR) is 87.7 cm³/mol. The second-order valence-electron chi connectivity index (χ2n) is 5.72. The number of nitrogens with two attached hydrogens (primary N) is 1. The van der Waals surface area contributed by atoms with Crippen LogP contribution in [0.15, 0.2) is 35.1 Å². The Bertz CT molecular complexity index is 701.